The highest BCUT2D eigenvalue weighted by atomic mass is 15.3. The Labute approximate surface area is 130 Å². The van der Waals surface area contributed by atoms with E-state index in [-0.39, 0.29) is 0 Å². The summed E-state index contributed by atoms with van der Waals surface area (Å²) in [5, 5.41) is 9.09. The van der Waals surface area contributed by atoms with Crippen LogP contribution in [0, 0.1) is 12.8 Å². The van der Waals surface area contributed by atoms with Gasteiger partial charge in [-0.2, -0.15) is 5.10 Å². The van der Waals surface area contributed by atoms with Crippen molar-refractivity contribution in [1.29, 1.82) is 0 Å². The Kier molecular flexibility index (Phi) is 3.30. The molecule has 5 nitrogen and oxygen atoms in total. The van der Waals surface area contributed by atoms with Gasteiger partial charge in [0.25, 0.3) is 0 Å². The second kappa shape index (κ2) is 5.32. The highest BCUT2D eigenvalue weighted by Crippen LogP contribution is 2.22. The molecule has 0 saturated carbocycles. The minimum absolute atomic E-state index is 0.602. The summed E-state index contributed by atoms with van der Waals surface area (Å²) < 4.78 is 1.93. The van der Waals surface area contributed by atoms with Gasteiger partial charge in [0.15, 0.2) is 5.84 Å². The molecule has 0 bridgehead atoms. The van der Waals surface area contributed by atoms with E-state index >= 15 is 0 Å². The van der Waals surface area contributed by atoms with E-state index in [9.17, 15) is 0 Å². The number of aryl methyl sites for hydroxylation is 2. The van der Waals surface area contributed by atoms with E-state index in [1.165, 1.54) is 23.9 Å². The number of hydrogen-bond acceptors (Lipinski definition) is 4. The molecular weight excluding hydrogens is 274 g/mol. The van der Waals surface area contributed by atoms with Gasteiger partial charge in [0, 0.05) is 29.6 Å². The Bertz CT molecular complexity index is 778. The first-order chi connectivity index (χ1) is 10.7. The van der Waals surface area contributed by atoms with Gasteiger partial charge in [-0.05, 0) is 38.9 Å². The molecule has 1 fully saturated rings. The van der Waals surface area contributed by atoms with Crippen LogP contribution in [0.1, 0.15) is 24.1 Å². The summed E-state index contributed by atoms with van der Waals surface area (Å²) in [5.41, 5.74) is 4.57. The van der Waals surface area contributed by atoms with Gasteiger partial charge >= 0.3 is 0 Å². The molecule has 0 amide bonds. The van der Waals surface area contributed by atoms with Gasteiger partial charge in [0.2, 0.25) is 0 Å². The summed E-state index contributed by atoms with van der Waals surface area (Å²) in [6.45, 7) is 5.00. The Morgan fingerprint density at radius 2 is 2.05 bits per heavy atom. The van der Waals surface area contributed by atoms with Crippen molar-refractivity contribution >= 4 is 22.5 Å². The normalized spacial score (nSPS) is 19.5. The lowest BCUT2D eigenvalue weighted by Crippen LogP contribution is -2.32. The van der Waals surface area contributed by atoms with Gasteiger partial charge in [0.05, 0.1) is 17.8 Å². The maximum Gasteiger partial charge on any atom is 0.155 e. The quantitative estimate of drug-likeness (QED) is 0.922. The van der Waals surface area contributed by atoms with Gasteiger partial charge < -0.3 is 5.32 Å². The first-order valence-electron chi connectivity index (χ1n) is 7.99. The Balaban J connectivity index is 1.64. The topological polar surface area (TPSA) is 54.6 Å². The fraction of sp³-hybridized carbons (Fsp3) is 0.471. The molecule has 2 aromatic rings. The first-order valence-corrected chi connectivity index (χ1v) is 7.99. The number of hydrogen-bond donors (Lipinski definition) is 1. The van der Waals surface area contributed by atoms with Crippen molar-refractivity contribution in [2.24, 2.45) is 23.0 Å². The van der Waals surface area contributed by atoms with Crippen LogP contribution in [-0.2, 0) is 7.05 Å². The minimum atomic E-state index is 0.602. The van der Waals surface area contributed by atoms with Crippen LogP contribution in [0.4, 0.5) is 0 Å². The number of amidine groups is 1. The lowest BCUT2D eigenvalue weighted by atomic mass is 9.93. The zero-order chi connectivity index (χ0) is 15.1. The zero-order valence-corrected chi connectivity index (χ0v) is 13.1. The van der Waals surface area contributed by atoms with Crippen LogP contribution >= 0.6 is 0 Å². The average molecular weight is 295 g/mol. The molecule has 1 saturated heterocycles. The average Bonchev–Trinajstić information content (AvgIpc) is 3.14. The van der Waals surface area contributed by atoms with E-state index in [4.69, 9.17) is 4.99 Å². The van der Waals surface area contributed by atoms with E-state index in [2.05, 4.69) is 33.6 Å². The van der Waals surface area contributed by atoms with Crippen molar-refractivity contribution in [2.45, 2.75) is 19.8 Å². The van der Waals surface area contributed by atoms with Crippen molar-refractivity contribution in [1.82, 2.24) is 15.1 Å². The van der Waals surface area contributed by atoms with Gasteiger partial charge in [-0.3, -0.25) is 9.67 Å². The highest BCUT2D eigenvalue weighted by molar-refractivity contribution is 6.13. The van der Waals surface area contributed by atoms with Crippen molar-refractivity contribution in [3.05, 3.63) is 29.5 Å². The molecule has 1 aromatic heterocycles. The molecule has 5 heteroatoms. The van der Waals surface area contributed by atoms with Gasteiger partial charge in [-0.15, -0.1) is 0 Å². The van der Waals surface area contributed by atoms with E-state index < -0.39 is 0 Å². The first kappa shape index (κ1) is 13.6. The lowest BCUT2D eigenvalue weighted by Gasteiger charge is -2.22. The number of piperidine rings is 1. The van der Waals surface area contributed by atoms with Crippen LogP contribution in [-0.4, -0.2) is 41.0 Å². The predicted octanol–water partition coefficient (Wildman–Crippen LogP) is 2.08. The lowest BCUT2D eigenvalue weighted by molar-refractivity contribution is 0.455. The molecule has 0 spiro atoms. The molecule has 22 heavy (non-hydrogen) atoms. The molecule has 114 valence electrons. The second-order valence-corrected chi connectivity index (χ2v) is 6.21. The number of fused-ring (bicyclic) bond motifs is 1. The summed E-state index contributed by atoms with van der Waals surface area (Å²) in [6, 6.07) is 6.40. The van der Waals surface area contributed by atoms with Crippen LogP contribution in [0.15, 0.2) is 28.2 Å². The molecule has 0 radical (unpaired) electrons. The third kappa shape index (κ3) is 2.25. The van der Waals surface area contributed by atoms with Crippen LogP contribution in [0.5, 0.6) is 0 Å². The van der Waals surface area contributed by atoms with Crippen molar-refractivity contribution < 1.29 is 0 Å². The van der Waals surface area contributed by atoms with Crippen LogP contribution in [0.25, 0.3) is 10.9 Å². The number of nitrogens with zero attached hydrogens (tertiary/aromatic N) is 4. The third-order valence-electron chi connectivity index (χ3n) is 4.75. The van der Waals surface area contributed by atoms with Crippen molar-refractivity contribution in [3.8, 4) is 0 Å². The Morgan fingerprint density at radius 1 is 1.23 bits per heavy atom. The van der Waals surface area contributed by atoms with E-state index in [0.29, 0.717) is 5.92 Å². The van der Waals surface area contributed by atoms with Crippen LogP contribution in [0.3, 0.4) is 0 Å². The standard InChI is InChI=1S/C17H21N5/c1-11-14-4-3-13(9-16(14)22(2)21-11)17-19-10-15(20-17)12-5-7-18-8-6-12/h3-4,9,12,18H,5-8,10H2,1-2H3. The number of rotatable bonds is 2. The highest BCUT2D eigenvalue weighted by Gasteiger charge is 2.23. The molecule has 0 unspecified atom stereocenters. The maximum atomic E-state index is 4.83. The monoisotopic (exact) mass is 295 g/mol. The molecule has 2 aliphatic heterocycles. The Hall–Kier alpha value is -2.01. The van der Waals surface area contributed by atoms with E-state index in [0.717, 1.165) is 42.2 Å². The minimum Gasteiger partial charge on any atom is -0.317 e. The number of aliphatic imine (C=N–C) groups is 2. The smallest absolute Gasteiger partial charge is 0.155 e. The van der Waals surface area contributed by atoms with Gasteiger partial charge in [-0.25, -0.2) is 4.99 Å². The van der Waals surface area contributed by atoms with Gasteiger partial charge in [-0.1, -0.05) is 12.1 Å². The van der Waals surface area contributed by atoms with E-state index in [1.54, 1.807) is 0 Å². The molecule has 0 atom stereocenters. The SMILES string of the molecule is Cc1nn(C)c2cc(C3=NCC(C4CCNCC4)=N3)ccc12. The molecule has 3 heterocycles. The third-order valence-corrected chi connectivity index (χ3v) is 4.75. The van der Waals surface area contributed by atoms with Crippen LogP contribution < -0.4 is 5.32 Å². The molecule has 2 aliphatic rings. The maximum absolute atomic E-state index is 4.83. The van der Waals surface area contributed by atoms with Crippen molar-refractivity contribution in [2.75, 3.05) is 19.6 Å². The number of benzene rings is 1. The summed E-state index contributed by atoms with van der Waals surface area (Å²) in [6.07, 6.45) is 2.36. The molecule has 1 N–H and O–H groups in total. The van der Waals surface area contributed by atoms with Crippen molar-refractivity contribution in [3.63, 3.8) is 0 Å². The number of aromatic nitrogens is 2. The van der Waals surface area contributed by atoms with E-state index in [1.807, 2.05) is 18.7 Å². The van der Waals surface area contributed by atoms with Gasteiger partial charge in [0.1, 0.15) is 0 Å². The molecule has 4 rings (SSSR count). The summed E-state index contributed by atoms with van der Waals surface area (Å²) in [4.78, 5) is 9.50. The fourth-order valence-electron chi connectivity index (χ4n) is 3.47. The predicted molar refractivity (Wildman–Crippen MR) is 89.9 cm³/mol. The molecule has 0 aliphatic carbocycles. The molecular formula is C17H21N5. The fourth-order valence-corrected chi connectivity index (χ4v) is 3.47. The zero-order valence-electron chi connectivity index (χ0n) is 13.1. The van der Waals surface area contributed by atoms with Crippen LogP contribution in [0.2, 0.25) is 0 Å². The summed E-state index contributed by atoms with van der Waals surface area (Å²) in [7, 11) is 1.99. The largest absolute Gasteiger partial charge is 0.317 e. The second-order valence-electron chi connectivity index (χ2n) is 6.21. The summed E-state index contributed by atoms with van der Waals surface area (Å²) >= 11 is 0. The molecule has 1 aromatic carbocycles. The summed E-state index contributed by atoms with van der Waals surface area (Å²) in [5.74, 6) is 1.49. The Morgan fingerprint density at radius 3 is 2.86 bits per heavy atom. The number of nitrogens with one attached hydrogen (secondary N) is 1.